The average Bonchev–Trinajstić information content (AvgIpc) is 2.24. The van der Waals surface area contributed by atoms with E-state index in [1.54, 1.807) is 7.11 Å². The van der Waals surface area contributed by atoms with Gasteiger partial charge in [0, 0.05) is 26.2 Å². The molecular weight excluding hydrogens is 228 g/mol. The highest BCUT2D eigenvalue weighted by atomic mass is 32.2. The third kappa shape index (κ3) is 5.79. The summed E-state index contributed by atoms with van der Waals surface area (Å²) in [6, 6.07) is 0.507. The molecule has 0 spiro atoms. The summed E-state index contributed by atoms with van der Waals surface area (Å²) in [6.45, 7) is 1.15. The maximum absolute atomic E-state index is 10.8. The lowest BCUT2D eigenvalue weighted by Crippen LogP contribution is -2.39. The van der Waals surface area contributed by atoms with Crippen LogP contribution in [0, 0.1) is 0 Å². The van der Waals surface area contributed by atoms with Crippen LogP contribution in [0.25, 0.3) is 0 Å². The number of hydrogen-bond acceptors (Lipinski definition) is 4. The molecule has 0 aromatic heterocycles. The third-order valence-corrected chi connectivity index (χ3v) is 3.66. The minimum Gasteiger partial charge on any atom is -0.381 e. The van der Waals surface area contributed by atoms with Gasteiger partial charge in [-0.2, -0.15) is 0 Å². The first-order valence-electron chi connectivity index (χ1n) is 5.72. The molecule has 1 aliphatic carbocycles. The molecule has 1 rings (SSSR count). The van der Waals surface area contributed by atoms with Gasteiger partial charge >= 0.3 is 0 Å². The van der Waals surface area contributed by atoms with Gasteiger partial charge in [-0.3, -0.25) is 0 Å². The van der Waals surface area contributed by atoms with E-state index in [-0.39, 0.29) is 0 Å². The van der Waals surface area contributed by atoms with Gasteiger partial charge in [0.05, 0.1) is 12.4 Å². The molecule has 5 nitrogen and oxygen atoms in total. The lowest BCUT2D eigenvalue weighted by molar-refractivity contribution is 0.0627. The molecule has 0 heterocycles. The Morgan fingerprint density at radius 2 is 1.81 bits per heavy atom. The van der Waals surface area contributed by atoms with Gasteiger partial charge in [0.2, 0.25) is 10.0 Å². The molecule has 0 radical (unpaired) electrons. The van der Waals surface area contributed by atoms with Crippen LogP contribution in [0.2, 0.25) is 0 Å². The van der Waals surface area contributed by atoms with E-state index in [2.05, 4.69) is 10.0 Å². The first-order chi connectivity index (χ1) is 7.51. The summed E-state index contributed by atoms with van der Waals surface area (Å²) in [7, 11) is -1.29. The fraction of sp³-hybridized carbons (Fsp3) is 1.00. The highest BCUT2D eigenvalue weighted by Crippen LogP contribution is 2.20. The fourth-order valence-electron chi connectivity index (χ4n) is 2.02. The van der Waals surface area contributed by atoms with Gasteiger partial charge in [-0.25, -0.2) is 13.1 Å². The molecule has 0 aliphatic heterocycles. The molecule has 0 unspecified atom stereocenters. The molecule has 1 saturated carbocycles. The maximum atomic E-state index is 10.8. The first kappa shape index (κ1) is 13.9. The first-order valence-corrected chi connectivity index (χ1v) is 7.61. The van der Waals surface area contributed by atoms with E-state index in [0.717, 1.165) is 25.7 Å². The number of methoxy groups -OCH3 is 1. The molecule has 1 aliphatic rings. The van der Waals surface area contributed by atoms with E-state index in [1.807, 2.05) is 0 Å². The van der Waals surface area contributed by atoms with Gasteiger partial charge in [0.1, 0.15) is 0 Å². The van der Waals surface area contributed by atoms with Crippen LogP contribution in [0.1, 0.15) is 25.7 Å². The third-order valence-electron chi connectivity index (χ3n) is 2.93. The Labute approximate surface area is 98.0 Å². The van der Waals surface area contributed by atoms with Crippen LogP contribution in [0.3, 0.4) is 0 Å². The van der Waals surface area contributed by atoms with Crippen molar-refractivity contribution in [3.63, 3.8) is 0 Å². The molecule has 0 aromatic carbocycles. The zero-order valence-corrected chi connectivity index (χ0v) is 10.8. The Kier molecular flexibility index (Phi) is 5.68. The summed E-state index contributed by atoms with van der Waals surface area (Å²) >= 11 is 0. The van der Waals surface area contributed by atoms with E-state index < -0.39 is 10.0 Å². The molecule has 1 fully saturated rings. The van der Waals surface area contributed by atoms with Crippen LogP contribution in [0.15, 0.2) is 0 Å². The van der Waals surface area contributed by atoms with E-state index in [1.165, 1.54) is 6.26 Å². The normalized spacial score (nSPS) is 26.9. The fourth-order valence-corrected chi connectivity index (χ4v) is 2.49. The molecule has 2 N–H and O–H groups in total. The van der Waals surface area contributed by atoms with E-state index in [0.29, 0.717) is 25.2 Å². The highest BCUT2D eigenvalue weighted by molar-refractivity contribution is 7.88. The minimum absolute atomic E-state index is 0.409. The maximum Gasteiger partial charge on any atom is 0.208 e. The van der Waals surface area contributed by atoms with E-state index >= 15 is 0 Å². The minimum atomic E-state index is -3.05. The summed E-state index contributed by atoms with van der Waals surface area (Å²) in [5, 5.41) is 3.36. The van der Waals surface area contributed by atoms with Crippen LogP contribution in [0.5, 0.6) is 0 Å². The van der Waals surface area contributed by atoms with Crippen LogP contribution >= 0.6 is 0 Å². The summed E-state index contributed by atoms with van der Waals surface area (Å²) in [6.07, 6.45) is 5.99. The van der Waals surface area contributed by atoms with Gasteiger partial charge < -0.3 is 10.1 Å². The molecule has 0 aromatic rings. The monoisotopic (exact) mass is 250 g/mol. The Morgan fingerprint density at radius 1 is 1.19 bits per heavy atom. The summed E-state index contributed by atoms with van der Waals surface area (Å²) < 4.78 is 29.4. The Morgan fingerprint density at radius 3 is 2.31 bits per heavy atom. The lowest BCUT2D eigenvalue weighted by Gasteiger charge is -2.28. The average molecular weight is 250 g/mol. The van der Waals surface area contributed by atoms with Crippen molar-refractivity contribution in [2.45, 2.75) is 37.8 Å². The second-order valence-electron chi connectivity index (χ2n) is 4.33. The highest BCUT2D eigenvalue weighted by Gasteiger charge is 2.19. The summed E-state index contributed by atoms with van der Waals surface area (Å²) in [5.74, 6) is 0. The number of nitrogens with one attached hydrogen (secondary N) is 2. The molecule has 96 valence electrons. The van der Waals surface area contributed by atoms with Crippen molar-refractivity contribution in [2.24, 2.45) is 0 Å². The van der Waals surface area contributed by atoms with Gasteiger partial charge in [-0.05, 0) is 25.7 Å². The van der Waals surface area contributed by atoms with Crippen LogP contribution in [-0.2, 0) is 14.8 Å². The standard InChI is InChI=1S/C10H22N2O3S/c1-15-10-5-3-9(4-6-10)11-7-8-12-16(2,13)14/h9-12H,3-8H2,1-2H3. The van der Waals surface area contributed by atoms with Crippen molar-refractivity contribution >= 4 is 10.0 Å². The summed E-state index contributed by atoms with van der Waals surface area (Å²) in [5.41, 5.74) is 0. The van der Waals surface area contributed by atoms with Crippen LogP contribution in [0.4, 0.5) is 0 Å². The van der Waals surface area contributed by atoms with Crippen molar-refractivity contribution in [2.75, 3.05) is 26.5 Å². The van der Waals surface area contributed by atoms with Crippen molar-refractivity contribution < 1.29 is 13.2 Å². The summed E-state index contributed by atoms with van der Waals surface area (Å²) in [4.78, 5) is 0. The zero-order valence-electron chi connectivity index (χ0n) is 10.0. The van der Waals surface area contributed by atoms with Crippen molar-refractivity contribution in [3.05, 3.63) is 0 Å². The van der Waals surface area contributed by atoms with Crippen LogP contribution in [-0.4, -0.2) is 47.0 Å². The van der Waals surface area contributed by atoms with Crippen molar-refractivity contribution in [1.82, 2.24) is 10.0 Å². The van der Waals surface area contributed by atoms with E-state index in [4.69, 9.17) is 4.74 Å². The number of sulfonamides is 1. The van der Waals surface area contributed by atoms with Crippen molar-refractivity contribution in [1.29, 1.82) is 0 Å². The number of hydrogen-bond donors (Lipinski definition) is 2. The Bertz CT molecular complexity index is 284. The predicted molar refractivity (Wildman–Crippen MR) is 63.9 cm³/mol. The lowest BCUT2D eigenvalue weighted by atomic mass is 9.93. The molecule has 0 amide bonds. The smallest absolute Gasteiger partial charge is 0.208 e. The quantitative estimate of drug-likeness (QED) is 0.655. The van der Waals surface area contributed by atoms with Gasteiger partial charge in [-0.1, -0.05) is 0 Å². The Balaban J connectivity index is 2.07. The zero-order chi connectivity index (χ0) is 12.0. The van der Waals surface area contributed by atoms with Gasteiger partial charge in [0.25, 0.3) is 0 Å². The second-order valence-corrected chi connectivity index (χ2v) is 6.16. The Hall–Kier alpha value is -0.170. The number of rotatable bonds is 6. The predicted octanol–water partition coefficient (Wildman–Crippen LogP) is 0.0828. The molecule has 16 heavy (non-hydrogen) atoms. The molecule has 0 bridgehead atoms. The number of ether oxygens (including phenoxy) is 1. The molecular formula is C10H22N2O3S. The molecule has 0 saturated heterocycles. The molecule has 6 heteroatoms. The SMILES string of the molecule is COC1CCC(NCCNS(C)(=O)=O)CC1. The largest absolute Gasteiger partial charge is 0.381 e. The second kappa shape index (κ2) is 6.54. The van der Waals surface area contributed by atoms with E-state index in [9.17, 15) is 8.42 Å². The topological polar surface area (TPSA) is 67.4 Å². The van der Waals surface area contributed by atoms with Gasteiger partial charge in [-0.15, -0.1) is 0 Å². The van der Waals surface area contributed by atoms with Crippen molar-refractivity contribution in [3.8, 4) is 0 Å². The van der Waals surface area contributed by atoms with Gasteiger partial charge in [0.15, 0.2) is 0 Å². The van der Waals surface area contributed by atoms with Crippen LogP contribution < -0.4 is 10.0 Å². The molecule has 0 atom stereocenters.